The summed E-state index contributed by atoms with van der Waals surface area (Å²) in [5.41, 5.74) is 1.19. The van der Waals surface area contributed by atoms with Crippen molar-refractivity contribution < 1.29 is 14.3 Å². The van der Waals surface area contributed by atoms with E-state index in [4.69, 9.17) is 4.74 Å². The molecule has 0 saturated heterocycles. The highest BCUT2D eigenvalue weighted by atomic mass is 16.5. The van der Waals surface area contributed by atoms with Crippen molar-refractivity contribution in [1.82, 2.24) is 4.90 Å². The second-order valence-corrected chi connectivity index (χ2v) is 5.54. The zero-order chi connectivity index (χ0) is 17.1. The van der Waals surface area contributed by atoms with E-state index in [9.17, 15) is 9.59 Å². The fourth-order valence-electron chi connectivity index (χ4n) is 2.27. The molecule has 1 aromatic carbocycles. The van der Waals surface area contributed by atoms with Gasteiger partial charge in [0.15, 0.2) is 0 Å². The van der Waals surface area contributed by atoms with Crippen LogP contribution in [0.25, 0.3) is 0 Å². The Bertz CT molecular complexity index is 480. The van der Waals surface area contributed by atoms with Crippen molar-refractivity contribution in [3.05, 3.63) is 29.8 Å². The Morgan fingerprint density at radius 2 is 1.61 bits per heavy atom. The lowest BCUT2D eigenvalue weighted by Crippen LogP contribution is -2.34. The number of rotatable bonds is 10. The number of carbonyl (C=O) groups excluding carboxylic acids is 2. The zero-order valence-electron chi connectivity index (χ0n) is 14.4. The summed E-state index contributed by atoms with van der Waals surface area (Å²) in [5, 5.41) is 2.87. The molecule has 0 aliphatic heterocycles. The van der Waals surface area contributed by atoms with Crippen LogP contribution in [0.1, 0.15) is 50.4 Å². The quantitative estimate of drug-likeness (QED) is 0.672. The number of ether oxygens (including phenoxy) is 1. The van der Waals surface area contributed by atoms with Gasteiger partial charge in [0.05, 0.1) is 18.7 Å². The van der Waals surface area contributed by atoms with E-state index in [1.54, 1.807) is 24.3 Å². The van der Waals surface area contributed by atoms with Crippen molar-refractivity contribution in [1.29, 1.82) is 0 Å². The minimum Gasteiger partial charge on any atom is -0.462 e. The molecule has 0 saturated carbocycles. The Morgan fingerprint density at radius 3 is 2.13 bits per heavy atom. The number of nitrogens with one attached hydrogen (secondary N) is 1. The molecule has 0 spiro atoms. The number of carbonyl (C=O) groups is 2. The number of nitrogens with zero attached hydrogens (tertiary/aromatic N) is 1. The van der Waals surface area contributed by atoms with E-state index < -0.39 is 0 Å². The van der Waals surface area contributed by atoms with E-state index in [0.717, 1.165) is 32.4 Å². The smallest absolute Gasteiger partial charge is 0.338 e. The van der Waals surface area contributed by atoms with Crippen molar-refractivity contribution in [2.75, 3.05) is 31.6 Å². The summed E-state index contributed by atoms with van der Waals surface area (Å²) in [4.78, 5) is 25.9. The fourth-order valence-corrected chi connectivity index (χ4v) is 2.27. The molecular formula is C18H28N2O3. The molecule has 1 rings (SSSR count). The van der Waals surface area contributed by atoms with E-state index >= 15 is 0 Å². The molecule has 1 amide bonds. The number of amides is 1. The van der Waals surface area contributed by atoms with Gasteiger partial charge in [0, 0.05) is 5.69 Å². The highest BCUT2D eigenvalue weighted by Gasteiger charge is 2.10. The predicted molar refractivity (Wildman–Crippen MR) is 92.7 cm³/mol. The molecule has 23 heavy (non-hydrogen) atoms. The zero-order valence-corrected chi connectivity index (χ0v) is 14.4. The summed E-state index contributed by atoms with van der Waals surface area (Å²) >= 11 is 0. The van der Waals surface area contributed by atoms with Crippen LogP contribution in [0.3, 0.4) is 0 Å². The third-order valence-electron chi connectivity index (χ3n) is 3.29. The van der Waals surface area contributed by atoms with Crippen LogP contribution in [0.4, 0.5) is 5.69 Å². The molecule has 0 atom stereocenters. The Hall–Kier alpha value is -1.88. The van der Waals surface area contributed by atoms with Gasteiger partial charge in [-0.25, -0.2) is 4.79 Å². The maximum absolute atomic E-state index is 12.1. The Morgan fingerprint density at radius 1 is 1.00 bits per heavy atom. The van der Waals surface area contributed by atoms with Gasteiger partial charge in [-0.2, -0.15) is 0 Å². The summed E-state index contributed by atoms with van der Waals surface area (Å²) in [6.45, 7) is 8.82. The molecule has 0 unspecified atom stereocenters. The summed E-state index contributed by atoms with van der Waals surface area (Å²) in [6, 6.07) is 6.79. The van der Waals surface area contributed by atoms with Crippen LogP contribution in [0.2, 0.25) is 0 Å². The Kier molecular flexibility index (Phi) is 8.98. The molecular weight excluding hydrogens is 292 g/mol. The third kappa shape index (κ3) is 7.28. The van der Waals surface area contributed by atoms with Crippen molar-refractivity contribution in [2.45, 2.75) is 40.0 Å². The molecule has 0 fully saturated rings. The predicted octanol–water partition coefficient (Wildman–Crippen LogP) is 3.31. The van der Waals surface area contributed by atoms with Crippen LogP contribution in [0.15, 0.2) is 24.3 Å². The maximum atomic E-state index is 12.1. The number of benzene rings is 1. The van der Waals surface area contributed by atoms with Gasteiger partial charge in [-0.15, -0.1) is 0 Å². The lowest BCUT2D eigenvalue weighted by atomic mass is 10.2. The number of hydrogen-bond acceptors (Lipinski definition) is 4. The van der Waals surface area contributed by atoms with Crippen molar-refractivity contribution in [2.24, 2.45) is 0 Å². The Labute approximate surface area is 139 Å². The largest absolute Gasteiger partial charge is 0.462 e. The molecule has 0 aromatic heterocycles. The van der Waals surface area contributed by atoms with E-state index in [1.165, 1.54) is 0 Å². The van der Waals surface area contributed by atoms with E-state index in [0.29, 0.717) is 24.4 Å². The van der Waals surface area contributed by atoms with Gasteiger partial charge in [-0.05, 0) is 56.6 Å². The van der Waals surface area contributed by atoms with Crippen LogP contribution < -0.4 is 5.32 Å². The highest BCUT2D eigenvalue weighted by Crippen LogP contribution is 2.11. The number of hydrogen-bond donors (Lipinski definition) is 1. The summed E-state index contributed by atoms with van der Waals surface area (Å²) in [6.07, 6.45) is 2.86. The molecule has 0 heterocycles. The van der Waals surface area contributed by atoms with E-state index in [-0.39, 0.29) is 11.9 Å². The molecule has 128 valence electrons. The van der Waals surface area contributed by atoms with Crippen molar-refractivity contribution >= 4 is 17.6 Å². The molecule has 1 N–H and O–H groups in total. The first kappa shape index (κ1) is 19.2. The minimum absolute atomic E-state index is 0.0341. The lowest BCUT2D eigenvalue weighted by molar-refractivity contribution is -0.117. The monoisotopic (exact) mass is 320 g/mol. The molecule has 5 heteroatoms. The summed E-state index contributed by atoms with van der Waals surface area (Å²) < 4.78 is 5.07. The van der Waals surface area contributed by atoms with Gasteiger partial charge in [0.25, 0.3) is 0 Å². The number of anilines is 1. The molecule has 0 bridgehead atoms. The summed E-state index contributed by atoms with van der Waals surface area (Å²) in [5.74, 6) is -0.366. The topological polar surface area (TPSA) is 58.6 Å². The van der Waals surface area contributed by atoms with Crippen molar-refractivity contribution in [3.8, 4) is 0 Å². The molecule has 5 nitrogen and oxygen atoms in total. The first-order valence-electron chi connectivity index (χ1n) is 8.40. The summed E-state index contributed by atoms with van der Waals surface area (Å²) in [7, 11) is 0. The second kappa shape index (κ2) is 10.8. The van der Waals surface area contributed by atoms with Crippen molar-refractivity contribution in [3.63, 3.8) is 0 Å². The fraction of sp³-hybridized carbons (Fsp3) is 0.556. The third-order valence-corrected chi connectivity index (χ3v) is 3.29. The lowest BCUT2D eigenvalue weighted by Gasteiger charge is -2.20. The average molecular weight is 320 g/mol. The van der Waals surface area contributed by atoms with Crippen LogP contribution in [0.5, 0.6) is 0 Å². The normalized spacial score (nSPS) is 10.6. The maximum Gasteiger partial charge on any atom is 0.338 e. The van der Waals surface area contributed by atoms with Crippen LogP contribution >= 0.6 is 0 Å². The second-order valence-electron chi connectivity index (χ2n) is 5.54. The first-order valence-corrected chi connectivity index (χ1v) is 8.40. The van der Waals surface area contributed by atoms with Gasteiger partial charge in [-0.1, -0.05) is 20.8 Å². The van der Waals surface area contributed by atoms with Gasteiger partial charge < -0.3 is 10.1 Å². The SMILES string of the molecule is CCCOC(=O)c1ccc(NC(=O)CN(CCC)CCC)cc1. The van der Waals surface area contributed by atoms with Crippen LogP contribution in [-0.4, -0.2) is 43.0 Å². The van der Waals surface area contributed by atoms with Gasteiger partial charge in [0.2, 0.25) is 5.91 Å². The van der Waals surface area contributed by atoms with E-state index in [1.807, 2.05) is 6.92 Å². The number of esters is 1. The van der Waals surface area contributed by atoms with Gasteiger partial charge in [0.1, 0.15) is 0 Å². The standard InChI is InChI=1S/C18H28N2O3/c1-4-11-20(12-5-2)14-17(21)19-16-9-7-15(8-10-16)18(22)23-13-6-3/h7-10H,4-6,11-14H2,1-3H3,(H,19,21). The molecule has 0 aliphatic rings. The van der Waals surface area contributed by atoms with Crippen LogP contribution in [0, 0.1) is 0 Å². The van der Waals surface area contributed by atoms with Gasteiger partial charge >= 0.3 is 5.97 Å². The molecule has 0 radical (unpaired) electrons. The molecule has 0 aliphatic carbocycles. The first-order chi connectivity index (χ1) is 11.1. The highest BCUT2D eigenvalue weighted by molar-refractivity contribution is 5.94. The van der Waals surface area contributed by atoms with E-state index in [2.05, 4.69) is 24.1 Å². The minimum atomic E-state index is -0.332. The van der Waals surface area contributed by atoms with Gasteiger partial charge in [-0.3, -0.25) is 9.69 Å². The Balaban J connectivity index is 2.53. The van der Waals surface area contributed by atoms with Crippen LogP contribution in [-0.2, 0) is 9.53 Å². The average Bonchev–Trinajstić information content (AvgIpc) is 2.53. The molecule has 1 aromatic rings.